The number of ketones is 1. The molecular formula is C58H88N4O4. The maximum atomic E-state index is 12.8. The Morgan fingerprint density at radius 1 is 0.773 bits per heavy atom. The van der Waals surface area contributed by atoms with Gasteiger partial charge >= 0.3 is 0 Å². The summed E-state index contributed by atoms with van der Waals surface area (Å²) in [4.78, 5) is 22.0. The number of nitrogen functional groups attached to an aromatic ring is 1. The smallest absolute Gasteiger partial charge is 0.214 e. The summed E-state index contributed by atoms with van der Waals surface area (Å²) in [5, 5.41) is 31.9. The highest BCUT2D eigenvalue weighted by Gasteiger charge is 2.25. The van der Waals surface area contributed by atoms with Crippen LogP contribution in [-0.4, -0.2) is 40.8 Å². The van der Waals surface area contributed by atoms with E-state index in [0.717, 1.165) is 91.0 Å². The second-order valence-electron chi connectivity index (χ2n) is 17.7. The fraction of sp³-hybridized carbons (Fsp3) is 0.431. The van der Waals surface area contributed by atoms with Crippen LogP contribution in [0.3, 0.4) is 0 Å². The summed E-state index contributed by atoms with van der Waals surface area (Å²) in [6.07, 6.45) is 11.7. The number of carbonyl (C=O) groups is 2. The molecule has 5 rings (SSSR count). The number of hydrogen-bond donors (Lipinski definition) is 6. The van der Waals surface area contributed by atoms with Crippen LogP contribution in [0.1, 0.15) is 146 Å². The second kappa shape index (κ2) is 34.7. The zero-order valence-corrected chi connectivity index (χ0v) is 43.7. The number of nitrogens with two attached hydrogens (primary N) is 3. The number of allylic oxidation sites excluding steroid dienone is 10. The molecule has 0 radical (unpaired) electrons. The van der Waals surface area contributed by atoms with Crippen molar-refractivity contribution in [2.24, 2.45) is 29.2 Å². The number of amides is 1. The minimum absolute atomic E-state index is 0.00140. The summed E-state index contributed by atoms with van der Waals surface area (Å²) in [6.45, 7) is 32.7. The molecule has 0 aromatic heterocycles. The van der Waals surface area contributed by atoms with Gasteiger partial charge in [0.15, 0.2) is 5.78 Å². The van der Waals surface area contributed by atoms with Crippen molar-refractivity contribution >= 4 is 50.2 Å². The number of fused-ring (bicyclic) bond motifs is 2. The molecule has 8 heteroatoms. The lowest BCUT2D eigenvalue weighted by atomic mass is 9.92. The number of benzene rings is 4. The van der Waals surface area contributed by atoms with Crippen molar-refractivity contribution < 1.29 is 19.8 Å². The maximum Gasteiger partial charge on any atom is 0.214 e. The van der Waals surface area contributed by atoms with Crippen LogP contribution < -0.4 is 17.2 Å². The molecule has 9 N–H and O–H groups in total. The lowest BCUT2D eigenvalue weighted by Crippen LogP contribution is -2.05. The summed E-state index contributed by atoms with van der Waals surface area (Å²) in [7, 11) is 0. The molecule has 0 spiro atoms. The van der Waals surface area contributed by atoms with E-state index in [9.17, 15) is 14.7 Å². The van der Waals surface area contributed by atoms with Crippen molar-refractivity contribution in [2.45, 2.75) is 136 Å². The summed E-state index contributed by atoms with van der Waals surface area (Å²) in [5.74, 6) is 1.58. The normalized spacial score (nSPS) is 12.9. The molecule has 66 heavy (non-hydrogen) atoms. The third-order valence-electron chi connectivity index (χ3n) is 8.94. The van der Waals surface area contributed by atoms with Gasteiger partial charge in [0.05, 0.1) is 11.3 Å². The minimum Gasteiger partial charge on any atom is -0.512 e. The van der Waals surface area contributed by atoms with Gasteiger partial charge in [0, 0.05) is 30.2 Å². The summed E-state index contributed by atoms with van der Waals surface area (Å²) in [6, 6.07) is 24.3. The van der Waals surface area contributed by atoms with Crippen LogP contribution >= 0.6 is 0 Å². The Morgan fingerprint density at radius 2 is 1.23 bits per heavy atom. The molecule has 0 saturated heterocycles. The predicted molar refractivity (Wildman–Crippen MR) is 290 cm³/mol. The molecule has 0 saturated carbocycles. The Balaban J connectivity index is 0. The minimum atomic E-state index is -0.333. The maximum absolute atomic E-state index is 12.8. The molecule has 0 aliphatic heterocycles. The van der Waals surface area contributed by atoms with E-state index in [4.69, 9.17) is 22.0 Å². The van der Waals surface area contributed by atoms with Crippen LogP contribution in [-0.2, 0) is 9.59 Å². The van der Waals surface area contributed by atoms with Gasteiger partial charge in [-0.05, 0) is 133 Å². The summed E-state index contributed by atoms with van der Waals surface area (Å²) < 4.78 is 0. The second-order valence-corrected chi connectivity index (χ2v) is 17.7. The molecule has 0 heterocycles. The molecule has 0 bridgehead atoms. The third-order valence-corrected chi connectivity index (χ3v) is 8.94. The van der Waals surface area contributed by atoms with Gasteiger partial charge in [0.2, 0.25) is 5.91 Å². The van der Waals surface area contributed by atoms with Crippen LogP contribution in [0.4, 0.5) is 5.69 Å². The van der Waals surface area contributed by atoms with Crippen molar-refractivity contribution in [1.29, 1.82) is 5.41 Å². The van der Waals surface area contributed by atoms with Crippen LogP contribution in [0.15, 0.2) is 125 Å². The largest absolute Gasteiger partial charge is 0.512 e. The van der Waals surface area contributed by atoms with Crippen LogP contribution in [0, 0.1) is 30.1 Å². The van der Waals surface area contributed by atoms with Crippen LogP contribution in [0.25, 0.3) is 27.1 Å². The highest BCUT2D eigenvalue weighted by atomic mass is 16.3. The number of carbonyl (C=O) groups excluding carboxylic acids is 2. The van der Waals surface area contributed by atoms with E-state index < -0.39 is 0 Å². The van der Waals surface area contributed by atoms with E-state index in [-0.39, 0.29) is 17.4 Å². The zero-order valence-electron chi connectivity index (χ0n) is 43.7. The predicted octanol–water partition coefficient (Wildman–Crippen LogP) is 14.6. The zero-order chi connectivity index (χ0) is 51.1. The van der Waals surface area contributed by atoms with Crippen LogP contribution in [0.5, 0.6) is 0 Å². The standard InChI is InChI=1S/C38H36N2O2.C4H11N.C4H10O.2C4H10.C2H5NO.C2H6/c1-23(31-14-6-12-28-13-8-16-34(40)38(28)31)17-18-29-19-20-30(37(29)36(25(3)41)26(4)42)21-22-33(39)32-15-7-11-27-10-5-9-24(2)35(27)32;1-2-3-4-5;1-4(2)3-5;2*1-4(2)3;1-2(3)4;1-2/h5-18,21-22,39,41H,19-20,40H2,1-4H3;2-5H2,1H3;4-5H,3H2,1-2H3;2*4H,1-3H3;1H3,(H2,3,4);1-2H3/b22-21?,23-17-,29-18+,36-25?,39-33?;;;;;;. The summed E-state index contributed by atoms with van der Waals surface area (Å²) in [5.41, 5.74) is 24.2. The van der Waals surface area contributed by atoms with E-state index in [1.807, 2.05) is 76.2 Å². The van der Waals surface area contributed by atoms with Gasteiger partial charge < -0.3 is 32.8 Å². The van der Waals surface area contributed by atoms with Gasteiger partial charge in [0.25, 0.3) is 0 Å². The highest BCUT2D eigenvalue weighted by molar-refractivity contribution is 6.15. The molecule has 0 atom stereocenters. The van der Waals surface area contributed by atoms with Crippen molar-refractivity contribution in [3.8, 4) is 0 Å². The Kier molecular flexibility index (Phi) is 32.9. The quantitative estimate of drug-likeness (QED) is 0.0399. The topological polar surface area (TPSA) is 177 Å². The van der Waals surface area contributed by atoms with E-state index in [1.54, 1.807) is 6.92 Å². The fourth-order valence-corrected chi connectivity index (χ4v) is 6.24. The molecule has 1 aliphatic rings. The molecule has 1 amide bonds. The number of rotatable bonds is 10. The van der Waals surface area contributed by atoms with Gasteiger partial charge in [-0.1, -0.05) is 168 Å². The first kappa shape index (κ1) is 62.5. The van der Waals surface area contributed by atoms with Gasteiger partial charge in [-0.2, -0.15) is 0 Å². The van der Waals surface area contributed by atoms with E-state index in [0.29, 0.717) is 30.2 Å². The van der Waals surface area contributed by atoms with Gasteiger partial charge in [0.1, 0.15) is 5.76 Å². The molecule has 0 unspecified atom stereocenters. The highest BCUT2D eigenvalue weighted by Crippen LogP contribution is 2.39. The lowest BCUT2D eigenvalue weighted by molar-refractivity contribution is -0.116. The number of Topliss-reactive ketones (excluding diaryl/α,β-unsaturated/α-hetero) is 1. The Morgan fingerprint density at radius 3 is 1.65 bits per heavy atom. The molecule has 4 aromatic carbocycles. The van der Waals surface area contributed by atoms with E-state index in [2.05, 4.69) is 117 Å². The Bertz CT molecular complexity index is 2220. The van der Waals surface area contributed by atoms with Crippen molar-refractivity contribution in [2.75, 3.05) is 18.9 Å². The number of unbranched alkanes of at least 4 members (excludes halogenated alkanes) is 1. The number of aliphatic hydroxyl groups excluding tert-OH is 2. The number of hydrogen-bond acceptors (Lipinski definition) is 7. The fourth-order valence-electron chi connectivity index (χ4n) is 6.24. The van der Waals surface area contributed by atoms with Crippen molar-refractivity contribution in [1.82, 2.24) is 0 Å². The first-order chi connectivity index (χ1) is 31.0. The average Bonchev–Trinajstić information content (AvgIpc) is 3.63. The Labute approximate surface area is 400 Å². The molecule has 4 aromatic rings. The van der Waals surface area contributed by atoms with Gasteiger partial charge in [-0.25, -0.2) is 0 Å². The van der Waals surface area contributed by atoms with Crippen molar-refractivity contribution in [3.05, 3.63) is 142 Å². The van der Waals surface area contributed by atoms with E-state index in [1.165, 1.54) is 26.7 Å². The van der Waals surface area contributed by atoms with Gasteiger partial charge in [-0.3, -0.25) is 9.59 Å². The number of primary amides is 1. The van der Waals surface area contributed by atoms with Crippen molar-refractivity contribution in [3.63, 3.8) is 0 Å². The average molecular weight is 905 g/mol. The number of aryl methyl sites for hydroxylation is 1. The first-order valence-corrected chi connectivity index (χ1v) is 23.7. The molecule has 1 aliphatic carbocycles. The molecule has 8 nitrogen and oxygen atoms in total. The lowest BCUT2D eigenvalue weighted by Gasteiger charge is -2.12. The summed E-state index contributed by atoms with van der Waals surface area (Å²) >= 11 is 0. The number of aliphatic hydroxyl groups is 2. The van der Waals surface area contributed by atoms with Gasteiger partial charge in [-0.15, -0.1) is 0 Å². The van der Waals surface area contributed by atoms with E-state index >= 15 is 0 Å². The first-order valence-electron chi connectivity index (χ1n) is 23.7. The monoisotopic (exact) mass is 905 g/mol. The Hall–Kier alpha value is -5.57. The number of anilines is 1. The molecule has 364 valence electrons. The molecule has 0 fully saturated rings. The molecular weight excluding hydrogens is 817 g/mol. The third kappa shape index (κ3) is 24.1. The van der Waals surface area contributed by atoms with Crippen LogP contribution in [0.2, 0.25) is 0 Å². The SMILES string of the molecule is CC.CC(=O)C(=C(C)O)C1=C(C=CC(=N)c2cccc3cccc(C)c23)CC/C1=C\C=C(\C)c1cccc2cccc(N)c12.CC(C)C.CC(C)C.CC(C)CO.CC(N)=O.CCCCN. The number of nitrogens with one attached hydrogen (secondary N) is 1.